The molecule has 0 aliphatic carbocycles. The zero-order chi connectivity index (χ0) is 34.5. The molecule has 0 saturated heterocycles. The average molecular weight is 656 g/mol. The van der Waals surface area contributed by atoms with E-state index in [1.54, 1.807) is 24.3 Å². The van der Waals surface area contributed by atoms with Crippen LogP contribution in [0.4, 0.5) is 0 Å². The summed E-state index contributed by atoms with van der Waals surface area (Å²) < 4.78 is 0. The number of benzene rings is 2. The minimum absolute atomic E-state index is 0.0425. The van der Waals surface area contributed by atoms with Crippen LogP contribution in [0, 0.1) is 0 Å². The monoisotopic (exact) mass is 655 g/mol. The smallest absolute Gasteiger partial charge is 0.243 e. The van der Waals surface area contributed by atoms with E-state index in [1.807, 2.05) is 0 Å². The Labute approximate surface area is 272 Å². The number of hydrogen-bond donors (Lipinski definition) is 11. The maximum Gasteiger partial charge on any atom is 0.243 e. The van der Waals surface area contributed by atoms with Crippen molar-refractivity contribution in [2.24, 2.45) is 22.9 Å². The van der Waals surface area contributed by atoms with Crippen LogP contribution in [0.3, 0.4) is 0 Å². The first-order chi connectivity index (χ1) is 22.5. The molecule has 2 aromatic rings. The number of nitrogens with two attached hydrogens (primary N) is 4. The molecule has 16 nitrogen and oxygen atoms in total. The predicted molar refractivity (Wildman–Crippen MR) is 173 cm³/mol. The Morgan fingerprint density at radius 3 is 2.02 bits per heavy atom. The molecular weight excluding hydrogens is 610 g/mol. The fourth-order valence-electron chi connectivity index (χ4n) is 5.03. The van der Waals surface area contributed by atoms with Gasteiger partial charge in [-0.2, -0.15) is 0 Å². The predicted octanol–water partition coefficient (Wildman–Crippen LogP) is -3.08. The largest absolute Gasteiger partial charge is 0.508 e. The SMILES string of the molecule is NCCC[C@@H]1NC(=O)[C@@H](N)Cc2cc(ccc2O)-c2ccc(O)c(c2)C[C@@H](C(=O)N[C@@H](CC(=O)NCCN)C(=O)NCCN)NC1=O. The van der Waals surface area contributed by atoms with E-state index >= 15 is 0 Å². The highest BCUT2D eigenvalue weighted by molar-refractivity contribution is 5.96. The van der Waals surface area contributed by atoms with Crippen molar-refractivity contribution in [1.29, 1.82) is 0 Å². The maximum atomic E-state index is 13.8. The molecule has 5 amide bonds. The van der Waals surface area contributed by atoms with Gasteiger partial charge in [-0.25, -0.2) is 0 Å². The summed E-state index contributed by atoms with van der Waals surface area (Å²) in [6.07, 6.45) is -0.256. The Balaban J connectivity index is 2.05. The number of aromatic hydroxyl groups is 2. The van der Waals surface area contributed by atoms with Crippen LogP contribution in [0.2, 0.25) is 0 Å². The van der Waals surface area contributed by atoms with Crippen molar-refractivity contribution in [2.45, 2.75) is 56.3 Å². The third kappa shape index (κ3) is 10.6. The van der Waals surface area contributed by atoms with Crippen molar-refractivity contribution in [2.75, 3.05) is 32.7 Å². The third-order valence-electron chi connectivity index (χ3n) is 7.59. The van der Waals surface area contributed by atoms with Crippen LogP contribution in [0.15, 0.2) is 36.4 Å². The summed E-state index contributed by atoms with van der Waals surface area (Å²) in [6.45, 7) is 0.725. The maximum absolute atomic E-state index is 13.8. The molecule has 3 rings (SSSR count). The highest BCUT2D eigenvalue weighted by Gasteiger charge is 2.32. The molecule has 0 radical (unpaired) electrons. The summed E-state index contributed by atoms with van der Waals surface area (Å²) in [6, 6.07) is 4.44. The Hall–Kier alpha value is -4.77. The number of phenolic OH excluding ortho intramolecular Hbond substituents is 2. The van der Waals surface area contributed by atoms with E-state index < -0.39 is 60.1 Å². The van der Waals surface area contributed by atoms with E-state index in [9.17, 15) is 34.2 Å². The fraction of sp³-hybridized carbons (Fsp3) is 0.452. The molecule has 4 bridgehead atoms. The highest BCUT2D eigenvalue weighted by Crippen LogP contribution is 2.31. The van der Waals surface area contributed by atoms with E-state index in [0.29, 0.717) is 23.1 Å². The van der Waals surface area contributed by atoms with Crippen LogP contribution in [0.5, 0.6) is 11.5 Å². The van der Waals surface area contributed by atoms with Gasteiger partial charge in [-0.15, -0.1) is 0 Å². The van der Waals surface area contributed by atoms with Gasteiger partial charge in [-0.05, 0) is 65.9 Å². The summed E-state index contributed by atoms with van der Waals surface area (Å²) in [7, 11) is 0. The topological polar surface area (TPSA) is 290 Å². The van der Waals surface area contributed by atoms with Crippen LogP contribution in [0.25, 0.3) is 11.1 Å². The molecule has 0 aromatic heterocycles. The molecule has 1 aliphatic rings. The molecule has 256 valence electrons. The Morgan fingerprint density at radius 1 is 0.830 bits per heavy atom. The molecule has 0 saturated carbocycles. The molecular formula is C31H45N9O7. The summed E-state index contributed by atoms with van der Waals surface area (Å²) in [4.78, 5) is 66.0. The number of carbonyl (C=O) groups is 5. The number of hydrogen-bond acceptors (Lipinski definition) is 11. The lowest BCUT2D eigenvalue weighted by molar-refractivity contribution is -0.135. The van der Waals surface area contributed by atoms with Crippen LogP contribution in [0.1, 0.15) is 30.4 Å². The molecule has 1 heterocycles. The fourth-order valence-corrected chi connectivity index (χ4v) is 5.03. The van der Waals surface area contributed by atoms with E-state index in [-0.39, 0.29) is 69.0 Å². The van der Waals surface area contributed by atoms with Gasteiger partial charge in [0.1, 0.15) is 29.6 Å². The standard InChI is InChI=1S/C31H45N9O7/c32-7-1-2-22-30(46)39-23(31(47)40-24(29(45)37-11-9-34)16-27(43)36-10-8-33)15-20-13-18(4-6-26(20)42)17-3-5-25(41)19(12-17)14-21(35)28(44)38-22/h3-6,12-13,21-24,41-42H,1-2,7-11,14-16,32-35H2,(H,36,43)(H,37,45)(H,38,44)(H,39,46)(H,40,47)/t21-,22-,23-,24-/m0/s1. The Bertz CT molecular complexity index is 1440. The van der Waals surface area contributed by atoms with Crippen molar-refractivity contribution < 1.29 is 34.2 Å². The van der Waals surface area contributed by atoms with Crippen molar-refractivity contribution in [3.8, 4) is 22.6 Å². The van der Waals surface area contributed by atoms with Crippen LogP contribution in [-0.2, 0) is 36.8 Å². The lowest BCUT2D eigenvalue weighted by atomic mass is 9.95. The van der Waals surface area contributed by atoms with E-state index in [1.165, 1.54) is 12.1 Å². The van der Waals surface area contributed by atoms with Crippen LogP contribution < -0.4 is 49.5 Å². The number of fused-ring (bicyclic) bond motifs is 5. The summed E-state index contributed by atoms with van der Waals surface area (Å²) in [5, 5.41) is 34.2. The van der Waals surface area contributed by atoms with Crippen molar-refractivity contribution in [3.63, 3.8) is 0 Å². The number of amides is 5. The van der Waals surface area contributed by atoms with Crippen LogP contribution in [-0.4, -0.2) is 96.6 Å². The summed E-state index contributed by atoms with van der Waals surface area (Å²) >= 11 is 0. The first-order valence-corrected chi connectivity index (χ1v) is 15.4. The van der Waals surface area contributed by atoms with Gasteiger partial charge in [0.05, 0.1) is 12.5 Å². The molecule has 0 fully saturated rings. The molecule has 47 heavy (non-hydrogen) atoms. The number of phenols is 2. The zero-order valence-corrected chi connectivity index (χ0v) is 26.1. The van der Waals surface area contributed by atoms with Crippen molar-refractivity contribution >= 4 is 29.5 Å². The van der Waals surface area contributed by atoms with E-state index in [4.69, 9.17) is 22.9 Å². The molecule has 2 aromatic carbocycles. The second kappa shape index (κ2) is 17.8. The van der Waals surface area contributed by atoms with Crippen molar-refractivity contribution in [3.05, 3.63) is 47.5 Å². The first-order valence-electron chi connectivity index (χ1n) is 15.4. The van der Waals surface area contributed by atoms with E-state index in [2.05, 4.69) is 26.6 Å². The molecule has 4 atom stereocenters. The number of nitrogens with one attached hydrogen (secondary N) is 5. The van der Waals surface area contributed by atoms with Gasteiger partial charge < -0.3 is 59.7 Å². The average Bonchev–Trinajstić information content (AvgIpc) is 3.05. The lowest BCUT2D eigenvalue weighted by Crippen LogP contribution is -2.59. The van der Waals surface area contributed by atoms with Crippen molar-refractivity contribution in [1.82, 2.24) is 26.6 Å². The second-order valence-corrected chi connectivity index (χ2v) is 11.2. The lowest BCUT2D eigenvalue weighted by Gasteiger charge is -2.26. The minimum atomic E-state index is -1.38. The minimum Gasteiger partial charge on any atom is -0.508 e. The van der Waals surface area contributed by atoms with Gasteiger partial charge in [-0.1, -0.05) is 12.1 Å². The first kappa shape index (κ1) is 36.7. The second-order valence-electron chi connectivity index (χ2n) is 11.2. The number of carbonyl (C=O) groups excluding carboxylic acids is 5. The summed E-state index contributed by atoms with van der Waals surface area (Å²) in [5.41, 5.74) is 24.7. The van der Waals surface area contributed by atoms with Gasteiger partial charge in [0.2, 0.25) is 29.5 Å². The quantitative estimate of drug-likeness (QED) is 0.109. The Kier molecular flexibility index (Phi) is 13.9. The van der Waals surface area contributed by atoms with Gasteiger partial charge in [0.25, 0.3) is 0 Å². The molecule has 16 heteroatoms. The van der Waals surface area contributed by atoms with Gasteiger partial charge >= 0.3 is 0 Å². The van der Waals surface area contributed by atoms with Gasteiger partial charge in [0.15, 0.2) is 0 Å². The molecule has 0 unspecified atom stereocenters. The summed E-state index contributed by atoms with van der Waals surface area (Å²) in [5.74, 6) is -3.70. The highest BCUT2D eigenvalue weighted by atomic mass is 16.3. The van der Waals surface area contributed by atoms with E-state index in [0.717, 1.165) is 0 Å². The molecule has 0 spiro atoms. The molecule has 1 aliphatic heterocycles. The zero-order valence-electron chi connectivity index (χ0n) is 26.1. The third-order valence-corrected chi connectivity index (χ3v) is 7.59. The normalized spacial score (nSPS) is 18.9. The van der Waals surface area contributed by atoms with Crippen LogP contribution >= 0.6 is 0 Å². The Morgan fingerprint density at radius 2 is 1.43 bits per heavy atom. The van der Waals surface area contributed by atoms with Gasteiger partial charge in [0, 0.05) is 39.0 Å². The molecule has 15 N–H and O–H groups in total. The van der Waals surface area contributed by atoms with Gasteiger partial charge in [-0.3, -0.25) is 24.0 Å². The number of rotatable bonds is 12.